The molecule has 0 bridgehead atoms. The van der Waals surface area contributed by atoms with Gasteiger partial charge in [-0.2, -0.15) is 0 Å². The van der Waals surface area contributed by atoms with E-state index in [4.69, 9.17) is 0 Å². The number of hydrogen-bond donors (Lipinski definition) is 2. The Balaban J connectivity index is 2.01. The number of carbonyl (C=O) groups is 1. The van der Waals surface area contributed by atoms with Gasteiger partial charge >= 0.3 is 0 Å². The maximum atomic E-state index is 11.9. The van der Waals surface area contributed by atoms with Gasteiger partial charge in [-0.05, 0) is 39.2 Å². The molecule has 1 aliphatic heterocycles. The standard InChI is InChI=1S/C10H18N2O3S/c1-10(5-2-6-11-7-10)9(13)12-16(14,15)8-3-4-8/h8,11H,2-7H2,1H3,(H,12,13). The molecule has 1 unspecified atom stereocenters. The number of piperidine rings is 1. The van der Waals surface area contributed by atoms with Crippen molar-refractivity contribution < 1.29 is 13.2 Å². The van der Waals surface area contributed by atoms with E-state index >= 15 is 0 Å². The predicted octanol–water partition coefficient (Wildman–Crippen LogP) is -0.0155. The molecule has 2 fully saturated rings. The van der Waals surface area contributed by atoms with Crippen LogP contribution < -0.4 is 10.0 Å². The van der Waals surface area contributed by atoms with E-state index in [0.29, 0.717) is 19.4 Å². The Morgan fingerprint density at radius 1 is 1.44 bits per heavy atom. The average Bonchev–Trinajstić information content (AvgIpc) is 3.01. The van der Waals surface area contributed by atoms with E-state index < -0.39 is 15.4 Å². The zero-order valence-electron chi connectivity index (χ0n) is 9.45. The first-order valence-electron chi connectivity index (χ1n) is 5.71. The summed E-state index contributed by atoms with van der Waals surface area (Å²) >= 11 is 0. The molecule has 2 rings (SSSR count). The van der Waals surface area contributed by atoms with E-state index in [1.54, 1.807) is 0 Å². The monoisotopic (exact) mass is 246 g/mol. The van der Waals surface area contributed by atoms with Crippen molar-refractivity contribution >= 4 is 15.9 Å². The zero-order chi connectivity index (χ0) is 11.8. The molecule has 92 valence electrons. The fourth-order valence-corrected chi connectivity index (χ4v) is 3.39. The number of carbonyl (C=O) groups excluding carboxylic acids is 1. The molecule has 16 heavy (non-hydrogen) atoms. The molecule has 0 aromatic carbocycles. The number of hydrogen-bond acceptors (Lipinski definition) is 4. The van der Waals surface area contributed by atoms with Gasteiger partial charge in [0.15, 0.2) is 0 Å². The largest absolute Gasteiger partial charge is 0.316 e. The summed E-state index contributed by atoms with van der Waals surface area (Å²) in [6.45, 7) is 3.27. The van der Waals surface area contributed by atoms with Crippen LogP contribution in [0.3, 0.4) is 0 Å². The molecule has 5 nitrogen and oxygen atoms in total. The molecule has 1 saturated carbocycles. The van der Waals surface area contributed by atoms with Crippen molar-refractivity contribution in [2.24, 2.45) is 5.41 Å². The van der Waals surface area contributed by atoms with Gasteiger partial charge in [0.05, 0.1) is 10.7 Å². The van der Waals surface area contributed by atoms with Gasteiger partial charge in [-0.3, -0.25) is 9.52 Å². The zero-order valence-corrected chi connectivity index (χ0v) is 10.3. The molecular formula is C10H18N2O3S. The average molecular weight is 246 g/mol. The Morgan fingerprint density at radius 2 is 2.12 bits per heavy atom. The minimum absolute atomic E-state index is 0.336. The first-order chi connectivity index (χ1) is 7.44. The summed E-state index contributed by atoms with van der Waals surface area (Å²) in [5, 5.41) is 2.79. The summed E-state index contributed by atoms with van der Waals surface area (Å²) in [6, 6.07) is 0. The first kappa shape index (κ1) is 11.9. The van der Waals surface area contributed by atoms with Crippen molar-refractivity contribution in [2.75, 3.05) is 13.1 Å². The normalized spacial score (nSPS) is 31.1. The minimum Gasteiger partial charge on any atom is -0.316 e. The Bertz CT molecular complexity index is 381. The molecule has 1 amide bonds. The lowest BCUT2D eigenvalue weighted by molar-refractivity contribution is -0.129. The number of rotatable bonds is 3. The van der Waals surface area contributed by atoms with E-state index in [0.717, 1.165) is 19.4 Å². The molecule has 1 saturated heterocycles. The van der Waals surface area contributed by atoms with Crippen molar-refractivity contribution in [1.29, 1.82) is 0 Å². The summed E-state index contributed by atoms with van der Waals surface area (Å²) < 4.78 is 25.5. The summed E-state index contributed by atoms with van der Waals surface area (Å²) in [4.78, 5) is 11.9. The van der Waals surface area contributed by atoms with Crippen LogP contribution in [0.15, 0.2) is 0 Å². The van der Waals surface area contributed by atoms with Crippen molar-refractivity contribution in [2.45, 2.75) is 37.9 Å². The van der Waals surface area contributed by atoms with Gasteiger partial charge in [0.25, 0.3) is 0 Å². The third kappa shape index (κ3) is 2.38. The van der Waals surface area contributed by atoms with Gasteiger partial charge in [0.2, 0.25) is 15.9 Å². The van der Waals surface area contributed by atoms with Gasteiger partial charge < -0.3 is 5.32 Å². The second-order valence-corrected chi connectivity index (χ2v) is 6.98. The maximum absolute atomic E-state index is 11.9. The second kappa shape index (κ2) is 4.00. The smallest absolute Gasteiger partial charge is 0.240 e. The molecule has 6 heteroatoms. The molecular weight excluding hydrogens is 228 g/mol. The highest BCUT2D eigenvalue weighted by Gasteiger charge is 2.41. The molecule has 1 heterocycles. The lowest BCUT2D eigenvalue weighted by Gasteiger charge is -2.32. The Hall–Kier alpha value is -0.620. The highest BCUT2D eigenvalue weighted by atomic mass is 32.2. The minimum atomic E-state index is -3.40. The lowest BCUT2D eigenvalue weighted by atomic mass is 9.82. The van der Waals surface area contributed by atoms with Crippen LogP contribution in [0, 0.1) is 5.41 Å². The van der Waals surface area contributed by atoms with Crippen molar-refractivity contribution in [3.8, 4) is 0 Å². The van der Waals surface area contributed by atoms with Gasteiger partial charge in [-0.15, -0.1) is 0 Å². The Labute approximate surface area is 96.0 Å². The quantitative estimate of drug-likeness (QED) is 0.734. The van der Waals surface area contributed by atoms with E-state index in [-0.39, 0.29) is 11.2 Å². The fraction of sp³-hybridized carbons (Fsp3) is 0.900. The molecule has 0 radical (unpaired) electrons. The molecule has 2 aliphatic rings. The highest BCUT2D eigenvalue weighted by Crippen LogP contribution is 2.30. The summed E-state index contributed by atoms with van der Waals surface area (Å²) in [7, 11) is -3.40. The Morgan fingerprint density at radius 3 is 2.62 bits per heavy atom. The van der Waals surface area contributed by atoms with Gasteiger partial charge in [-0.25, -0.2) is 8.42 Å². The van der Waals surface area contributed by atoms with Crippen molar-refractivity contribution in [3.05, 3.63) is 0 Å². The van der Waals surface area contributed by atoms with Crippen molar-refractivity contribution in [1.82, 2.24) is 10.0 Å². The molecule has 0 aromatic heterocycles. The van der Waals surface area contributed by atoms with Crippen molar-refractivity contribution in [3.63, 3.8) is 0 Å². The van der Waals surface area contributed by atoms with Crippen LogP contribution in [0.25, 0.3) is 0 Å². The second-order valence-electron chi connectivity index (χ2n) is 5.02. The Kier molecular flexibility index (Phi) is 2.96. The lowest BCUT2D eigenvalue weighted by Crippen LogP contribution is -2.50. The highest BCUT2D eigenvalue weighted by molar-refractivity contribution is 7.90. The number of sulfonamides is 1. The van der Waals surface area contributed by atoms with Crippen LogP contribution in [0.1, 0.15) is 32.6 Å². The van der Waals surface area contributed by atoms with Gasteiger partial charge in [-0.1, -0.05) is 0 Å². The number of nitrogens with one attached hydrogen (secondary N) is 2. The van der Waals surface area contributed by atoms with Gasteiger partial charge in [0, 0.05) is 6.54 Å². The van der Waals surface area contributed by atoms with Crippen LogP contribution in [0.2, 0.25) is 0 Å². The fourth-order valence-electron chi connectivity index (χ4n) is 1.96. The first-order valence-corrected chi connectivity index (χ1v) is 7.25. The van der Waals surface area contributed by atoms with Crippen LogP contribution in [-0.4, -0.2) is 32.7 Å². The van der Waals surface area contributed by atoms with E-state index in [1.165, 1.54) is 0 Å². The summed E-state index contributed by atoms with van der Waals surface area (Å²) in [5.74, 6) is -0.355. The summed E-state index contributed by atoms with van der Waals surface area (Å²) in [5.41, 5.74) is -0.583. The molecule has 0 spiro atoms. The molecule has 1 aliphatic carbocycles. The SMILES string of the molecule is CC1(C(=O)NS(=O)(=O)C2CC2)CCCNC1. The van der Waals surface area contributed by atoms with Crippen LogP contribution in [0.5, 0.6) is 0 Å². The van der Waals surface area contributed by atoms with E-state index in [1.807, 2.05) is 6.92 Å². The summed E-state index contributed by atoms with van der Waals surface area (Å²) in [6.07, 6.45) is 3.01. The van der Waals surface area contributed by atoms with E-state index in [2.05, 4.69) is 10.0 Å². The number of amides is 1. The van der Waals surface area contributed by atoms with Crippen LogP contribution in [-0.2, 0) is 14.8 Å². The third-order valence-electron chi connectivity index (χ3n) is 3.34. The third-order valence-corrected chi connectivity index (χ3v) is 5.16. The van der Waals surface area contributed by atoms with Crippen LogP contribution >= 0.6 is 0 Å². The van der Waals surface area contributed by atoms with E-state index in [9.17, 15) is 13.2 Å². The molecule has 2 N–H and O–H groups in total. The predicted molar refractivity (Wildman–Crippen MR) is 60.3 cm³/mol. The van der Waals surface area contributed by atoms with Crippen LogP contribution in [0.4, 0.5) is 0 Å². The molecule has 0 aromatic rings. The maximum Gasteiger partial charge on any atom is 0.240 e. The molecule has 1 atom stereocenters. The topological polar surface area (TPSA) is 75.3 Å². The van der Waals surface area contributed by atoms with Gasteiger partial charge in [0.1, 0.15) is 0 Å².